The van der Waals surface area contributed by atoms with Crippen LogP contribution in [0.1, 0.15) is 20.8 Å². The summed E-state index contributed by atoms with van der Waals surface area (Å²) in [5, 5.41) is 10.5. The minimum absolute atomic E-state index is 0.484. The molecule has 2 atom stereocenters. The van der Waals surface area contributed by atoms with E-state index in [0.29, 0.717) is 6.92 Å². The SMILES string of the molecule is CC(C)[C@@H](NC(=O)C(C)C(F)(F)F)C(=O)O. The van der Waals surface area contributed by atoms with Crippen LogP contribution in [0.15, 0.2) is 0 Å². The zero-order valence-corrected chi connectivity index (χ0v) is 9.13. The molecule has 7 heteroatoms. The van der Waals surface area contributed by atoms with E-state index in [9.17, 15) is 22.8 Å². The molecule has 0 aromatic heterocycles. The topological polar surface area (TPSA) is 66.4 Å². The van der Waals surface area contributed by atoms with Gasteiger partial charge < -0.3 is 10.4 Å². The van der Waals surface area contributed by atoms with E-state index in [0.717, 1.165) is 0 Å². The summed E-state index contributed by atoms with van der Waals surface area (Å²) in [6, 6.07) is -1.31. The minimum atomic E-state index is -4.66. The molecule has 0 saturated heterocycles. The normalized spacial score (nSPS) is 15.7. The number of carbonyl (C=O) groups excluding carboxylic acids is 1. The molecule has 0 radical (unpaired) electrons. The zero-order valence-electron chi connectivity index (χ0n) is 9.13. The molecule has 4 nitrogen and oxygen atoms in total. The first-order valence-corrected chi connectivity index (χ1v) is 4.67. The summed E-state index contributed by atoms with van der Waals surface area (Å²) in [6.07, 6.45) is -4.66. The third-order valence-electron chi connectivity index (χ3n) is 2.11. The maximum absolute atomic E-state index is 12.1. The van der Waals surface area contributed by atoms with Gasteiger partial charge in [0.1, 0.15) is 12.0 Å². The van der Waals surface area contributed by atoms with Gasteiger partial charge >= 0.3 is 12.1 Å². The number of amides is 1. The molecule has 0 bridgehead atoms. The molecule has 0 aromatic carbocycles. The molecule has 0 rings (SSSR count). The molecule has 0 aliphatic carbocycles. The average Bonchev–Trinajstić information content (AvgIpc) is 2.09. The lowest BCUT2D eigenvalue weighted by Crippen LogP contribution is -2.48. The fourth-order valence-electron chi connectivity index (χ4n) is 0.940. The highest BCUT2D eigenvalue weighted by Crippen LogP contribution is 2.25. The van der Waals surface area contributed by atoms with Crippen LogP contribution in [0.2, 0.25) is 0 Å². The zero-order chi connectivity index (χ0) is 13.1. The number of aliphatic carboxylic acids is 1. The first kappa shape index (κ1) is 14.7. The number of alkyl halides is 3. The van der Waals surface area contributed by atoms with Crippen molar-refractivity contribution in [1.29, 1.82) is 0 Å². The third kappa shape index (κ3) is 4.08. The molecule has 0 saturated carbocycles. The van der Waals surface area contributed by atoms with Gasteiger partial charge in [0.05, 0.1) is 0 Å². The molecular weight excluding hydrogens is 227 g/mol. The van der Waals surface area contributed by atoms with Gasteiger partial charge in [-0.1, -0.05) is 13.8 Å². The van der Waals surface area contributed by atoms with Gasteiger partial charge in [0, 0.05) is 0 Å². The number of carbonyl (C=O) groups is 2. The monoisotopic (exact) mass is 241 g/mol. The second-order valence-corrected chi connectivity index (χ2v) is 3.83. The first-order valence-electron chi connectivity index (χ1n) is 4.67. The van der Waals surface area contributed by atoms with Crippen molar-refractivity contribution < 1.29 is 27.9 Å². The van der Waals surface area contributed by atoms with Gasteiger partial charge in [-0.2, -0.15) is 13.2 Å². The largest absolute Gasteiger partial charge is 0.480 e. The lowest BCUT2D eigenvalue weighted by molar-refractivity contribution is -0.180. The van der Waals surface area contributed by atoms with Crippen molar-refractivity contribution in [2.45, 2.75) is 33.0 Å². The predicted octanol–water partition coefficient (Wildman–Crippen LogP) is 1.41. The lowest BCUT2D eigenvalue weighted by atomic mass is 10.0. The smallest absolute Gasteiger partial charge is 0.400 e. The minimum Gasteiger partial charge on any atom is -0.480 e. The molecule has 0 aliphatic heterocycles. The van der Waals surface area contributed by atoms with E-state index in [2.05, 4.69) is 0 Å². The average molecular weight is 241 g/mol. The second kappa shape index (κ2) is 5.18. The Kier molecular flexibility index (Phi) is 4.77. The van der Waals surface area contributed by atoms with Crippen LogP contribution in [-0.4, -0.2) is 29.2 Å². The second-order valence-electron chi connectivity index (χ2n) is 3.83. The number of halogens is 3. The van der Waals surface area contributed by atoms with Crippen molar-refractivity contribution in [3.05, 3.63) is 0 Å². The molecule has 1 amide bonds. The number of rotatable bonds is 4. The van der Waals surface area contributed by atoms with Crippen molar-refractivity contribution >= 4 is 11.9 Å². The summed E-state index contributed by atoms with van der Waals surface area (Å²) >= 11 is 0. The predicted molar refractivity (Wildman–Crippen MR) is 49.6 cm³/mol. The van der Waals surface area contributed by atoms with Crippen molar-refractivity contribution in [3.63, 3.8) is 0 Å². The Labute approximate surface area is 90.8 Å². The van der Waals surface area contributed by atoms with E-state index >= 15 is 0 Å². The Bertz CT molecular complexity index is 276. The van der Waals surface area contributed by atoms with Crippen molar-refractivity contribution in [2.24, 2.45) is 11.8 Å². The standard InChI is InChI=1S/C9H14F3NO3/c1-4(2)6(8(15)16)13-7(14)5(3)9(10,11)12/h4-6H,1-3H3,(H,13,14)(H,15,16)/t5?,6-/m1/s1. The van der Waals surface area contributed by atoms with Gasteiger partial charge in [0.2, 0.25) is 5.91 Å². The van der Waals surface area contributed by atoms with E-state index in [1.54, 1.807) is 0 Å². The van der Waals surface area contributed by atoms with Gasteiger partial charge in [0.15, 0.2) is 0 Å². The Morgan fingerprint density at radius 3 is 1.88 bits per heavy atom. The number of carboxylic acid groups (broad SMARTS) is 1. The summed E-state index contributed by atoms with van der Waals surface area (Å²) in [7, 11) is 0. The fraction of sp³-hybridized carbons (Fsp3) is 0.778. The van der Waals surface area contributed by atoms with Crippen LogP contribution in [0.5, 0.6) is 0 Å². The Balaban J connectivity index is 4.60. The molecule has 0 aliphatic rings. The summed E-state index contributed by atoms with van der Waals surface area (Å²) in [4.78, 5) is 21.8. The molecule has 16 heavy (non-hydrogen) atoms. The lowest BCUT2D eigenvalue weighted by Gasteiger charge is -2.21. The van der Waals surface area contributed by atoms with E-state index in [-0.39, 0.29) is 0 Å². The molecule has 0 heterocycles. The highest BCUT2D eigenvalue weighted by atomic mass is 19.4. The summed E-state index contributed by atoms with van der Waals surface area (Å²) < 4.78 is 36.4. The maximum atomic E-state index is 12.1. The van der Waals surface area contributed by atoms with Gasteiger partial charge in [-0.05, 0) is 12.8 Å². The van der Waals surface area contributed by atoms with Crippen LogP contribution in [-0.2, 0) is 9.59 Å². The van der Waals surface area contributed by atoms with E-state index in [4.69, 9.17) is 5.11 Å². The maximum Gasteiger partial charge on any atom is 0.400 e. The van der Waals surface area contributed by atoms with Crippen molar-refractivity contribution in [1.82, 2.24) is 5.32 Å². The number of hydrogen-bond donors (Lipinski definition) is 2. The Hall–Kier alpha value is -1.27. The van der Waals surface area contributed by atoms with Crippen LogP contribution >= 0.6 is 0 Å². The molecule has 1 unspecified atom stereocenters. The highest BCUT2D eigenvalue weighted by molar-refractivity contribution is 5.85. The van der Waals surface area contributed by atoms with E-state index in [1.165, 1.54) is 13.8 Å². The third-order valence-corrected chi connectivity index (χ3v) is 2.11. The Morgan fingerprint density at radius 1 is 1.19 bits per heavy atom. The quantitative estimate of drug-likeness (QED) is 0.782. The molecule has 0 aromatic rings. The van der Waals surface area contributed by atoms with Gasteiger partial charge in [0.25, 0.3) is 0 Å². The summed E-state index contributed by atoms with van der Waals surface area (Å²) in [6.45, 7) is 3.68. The van der Waals surface area contributed by atoms with Crippen molar-refractivity contribution in [2.75, 3.05) is 0 Å². The molecule has 0 fully saturated rings. The van der Waals surface area contributed by atoms with Crippen LogP contribution in [0.25, 0.3) is 0 Å². The fourth-order valence-corrected chi connectivity index (χ4v) is 0.940. The van der Waals surface area contributed by atoms with Crippen molar-refractivity contribution in [3.8, 4) is 0 Å². The highest BCUT2D eigenvalue weighted by Gasteiger charge is 2.42. The molecule has 0 spiro atoms. The summed E-state index contributed by atoms with van der Waals surface area (Å²) in [5.41, 5.74) is 0. The molecule has 2 N–H and O–H groups in total. The van der Waals surface area contributed by atoms with Gasteiger partial charge in [-0.25, -0.2) is 4.79 Å². The molecular formula is C9H14F3NO3. The first-order chi connectivity index (χ1) is 7.07. The van der Waals surface area contributed by atoms with E-state index in [1.807, 2.05) is 5.32 Å². The van der Waals surface area contributed by atoms with Gasteiger partial charge in [-0.15, -0.1) is 0 Å². The van der Waals surface area contributed by atoms with E-state index < -0.39 is 35.9 Å². The van der Waals surface area contributed by atoms with Crippen LogP contribution in [0.3, 0.4) is 0 Å². The Morgan fingerprint density at radius 2 is 1.62 bits per heavy atom. The van der Waals surface area contributed by atoms with Gasteiger partial charge in [-0.3, -0.25) is 4.79 Å². The number of carboxylic acids is 1. The summed E-state index contributed by atoms with van der Waals surface area (Å²) in [5.74, 6) is -5.37. The van der Waals surface area contributed by atoms with Crippen LogP contribution < -0.4 is 5.32 Å². The number of hydrogen-bond acceptors (Lipinski definition) is 2. The van der Waals surface area contributed by atoms with Crippen LogP contribution in [0.4, 0.5) is 13.2 Å². The van der Waals surface area contributed by atoms with Crippen LogP contribution in [0, 0.1) is 11.8 Å². The number of nitrogens with one attached hydrogen (secondary N) is 1. The molecule has 94 valence electrons.